The van der Waals surface area contributed by atoms with Gasteiger partial charge >= 0.3 is 13.6 Å². The fourth-order valence-electron chi connectivity index (χ4n) is 1.05. The highest BCUT2D eigenvalue weighted by Crippen LogP contribution is 2.60. The van der Waals surface area contributed by atoms with E-state index in [2.05, 4.69) is 0 Å². The van der Waals surface area contributed by atoms with Gasteiger partial charge in [0.25, 0.3) is 0 Å². The number of esters is 1. The summed E-state index contributed by atoms with van der Waals surface area (Å²) in [7, 11) is -3.86. The van der Waals surface area contributed by atoms with Gasteiger partial charge in [-0.15, -0.1) is 0 Å². The second-order valence-corrected chi connectivity index (χ2v) is 7.55. The predicted octanol–water partition coefficient (Wildman–Crippen LogP) is 3.90. The zero-order valence-electron chi connectivity index (χ0n) is 10.3. The van der Waals surface area contributed by atoms with E-state index in [9.17, 15) is 9.36 Å². The Morgan fingerprint density at radius 2 is 1.61 bits per heavy atom. The summed E-state index contributed by atoms with van der Waals surface area (Å²) < 4.78 is 25.2. The molecule has 0 saturated carbocycles. The molecule has 0 aliphatic heterocycles. The van der Waals surface area contributed by atoms with Crippen LogP contribution in [0.1, 0.15) is 27.2 Å². The smallest absolute Gasteiger partial charge is 0.375 e. The van der Waals surface area contributed by atoms with E-state index in [-0.39, 0.29) is 19.6 Å². The first-order valence-corrected chi connectivity index (χ1v) is 8.10. The minimum Gasteiger partial charge on any atom is -0.445 e. The molecule has 0 spiro atoms. The number of hydrogen-bond acceptors (Lipinski definition) is 5. The van der Waals surface area contributed by atoms with Crippen LogP contribution in [0.2, 0.25) is 0 Å². The molecule has 0 aromatic heterocycles. The van der Waals surface area contributed by atoms with Crippen molar-refractivity contribution >= 4 is 48.4 Å². The van der Waals surface area contributed by atoms with Crippen LogP contribution in [-0.2, 0) is 23.1 Å². The van der Waals surface area contributed by atoms with E-state index >= 15 is 0 Å². The molecule has 5 nitrogen and oxygen atoms in total. The molecule has 0 rings (SSSR count). The van der Waals surface area contributed by atoms with Gasteiger partial charge in [-0.3, -0.25) is 9.36 Å². The minimum atomic E-state index is -3.86. The zero-order valence-corrected chi connectivity index (χ0v) is 13.5. The largest absolute Gasteiger partial charge is 0.445 e. The molecule has 0 bridgehead atoms. The van der Waals surface area contributed by atoms with Gasteiger partial charge in [0.2, 0.25) is 9.64 Å². The van der Waals surface area contributed by atoms with Crippen molar-refractivity contribution in [2.24, 2.45) is 0 Å². The molecule has 0 heterocycles. The van der Waals surface area contributed by atoms with Gasteiger partial charge in [0, 0.05) is 6.42 Å². The summed E-state index contributed by atoms with van der Waals surface area (Å²) in [4.78, 5) is 11.3. The van der Waals surface area contributed by atoms with Gasteiger partial charge in [-0.2, -0.15) is 0 Å². The Morgan fingerprint density at radius 3 is 1.89 bits per heavy atom. The van der Waals surface area contributed by atoms with Crippen molar-refractivity contribution < 1.29 is 23.1 Å². The third-order valence-electron chi connectivity index (χ3n) is 1.72. The Bertz CT molecular complexity index is 308. The first-order chi connectivity index (χ1) is 8.21. The van der Waals surface area contributed by atoms with Crippen LogP contribution in [0.4, 0.5) is 0 Å². The summed E-state index contributed by atoms with van der Waals surface area (Å²) in [5.41, 5.74) is 0. The molecule has 0 aromatic carbocycles. The lowest BCUT2D eigenvalue weighted by molar-refractivity contribution is -0.145. The van der Waals surface area contributed by atoms with Gasteiger partial charge in [-0.1, -0.05) is 41.7 Å². The molecule has 0 aliphatic carbocycles. The number of alkyl halides is 3. The average molecular weight is 342 g/mol. The maximum absolute atomic E-state index is 12.4. The molecule has 0 amide bonds. The van der Waals surface area contributed by atoms with Crippen LogP contribution in [0.15, 0.2) is 0 Å². The van der Waals surface area contributed by atoms with Gasteiger partial charge in [-0.25, -0.2) is 0 Å². The quantitative estimate of drug-likeness (QED) is 0.399. The van der Waals surface area contributed by atoms with Crippen molar-refractivity contribution in [2.75, 3.05) is 13.2 Å². The van der Waals surface area contributed by atoms with Crippen LogP contribution in [0.5, 0.6) is 0 Å². The predicted molar refractivity (Wildman–Crippen MR) is 71.3 cm³/mol. The molecule has 0 fully saturated rings. The summed E-state index contributed by atoms with van der Waals surface area (Å²) >= 11 is 17.0. The van der Waals surface area contributed by atoms with Crippen molar-refractivity contribution in [1.29, 1.82) is 0 Å². The molecular formula is C9H16Cl3O5P. The maximum Gasteiger partial charge on any atom is 0.375 e. The topological polar surface area (TPSA) is 61.8 Å². The van der Waals surface area contributed by atoms with E-state index in [1.54, 1.807) is 20.8 Å². The van der Waals surface area contributed by atoms with E-state index in [0.717, 1.165) is 0 Å². The molecule has 0 aromatic rings. The number of carbonyl (C=O) groups excluding carboxylic acids is 1. The van der Waals surface area contributed by atoms with Crippen molar-refractivity contribution in [3.05, 3.63) is 0 Å². The number of halogens is 3. The second-order valence-electron chi connectivity index (χ2n) is 3.11. The highest BCUT2D eigenvalue weighted by atomic mass is 35.6. The fraction of sp³-hybridized carbons (Fsp3) is 0.889. The summed E-state index contributed by atoms with van der Waals surface area (Å²) in [5.74, 6) is -2.26. The monoisotopic (exact) mass is 340 g/mol. The van der Waals surface area contributed by atoms with Crippen LogP contribution >= 0.6 is 42.4 Å². The van der Waals surface area contributed by atoms with Crippen LogP contribution in [0.25, 0.3) is 0 Å². The van der Waals surface area contributed by atoms with Crippen molar-refractivity contribution in [3.63, 3.8) is 0 Å². The van der Waals surface area contributed by atoms with Crippen molar-refractivity contribution in [1.82, 2.24) is 0 Å². The Morgan fingerprint density at radius 1 is 1.17 bits per heavy atom. The summed E-state index contributed by atoms with van der Waals surface area (Å²) in [6, 6.07) is 0. The number of carbonyl (C=O) groups is 1. The van der Waals surface area contributed by atoms with Gasteiger partial charge in [0.05, 0.1) is 13.2 Å². The van der Waals surface area contributed by atoms with E-state index in [0.29, 0.717) is 0 Å². The van der Waals surface area contributed by atoms with Gasteiger partial charge in [-0.05, 0) is 13.8 Å². The van der Waals surface area contributed by atoms with Gasteiger partial charge in [0.1, 0.15) is 0 Å². The molecule has 0 N–H and O–H groups in total. The zero-order chi connectivity index (χ0) is 14.4. The molecule has 1 atom stereocenters. The normalized spacial score (nSPS) is 14.3. The molecule has 9 heteroatoms. The number of rotatable bonds is 7. The maximum atomic E-state index is 12.4. The fourth-order valence-corrected chi connectivity index (χ4v) is 3.93. The van der Waals surface area contributed by atoms with Crippen molar-refractivity contribution in [2.45, 2.75) is 36.8 Å². The lowest BCUT2D eigenvalue weighted by Gasteiger charge is -2.30. The Labute approximate surface area is 122 Å². The Hall–Kier alpha value is 0.490. The first kappa shape index (κ1) is 18.5. The van der Waals surface area contributed by atoms with Gasteiger partial charge < -0.3 is 13.8 Å². The molecule has 0 aliphatic rings. The van der Waals surface area contributed by atoms with Crippen LogP contribution < -0.4 is 0 Å². The number of hydrogen-bond donors (Lipinski definition) is 0. The Balaban J connectivity index is 5.24. The third-order valence-corrected chi connectivity index (χ3v) is 5.07. The summed E-state index contributed by atoms with van der Waals surface area (Å²) in [6.07, 6.45) is 0.0511. The average Bonchev–Trinajstić information content (AvgIpc) is 2.24. The van der Waals surface area contributed by atoms with Crippen LogP contribution in [0.3, 0.4) is 0 Å². The first-order valence-electron chi connectivity index (χ1n) is 5.36. The SMILES string of the molecule is CCOP(=O)(OCC)C(OC(=O)CC)C(Cl)(Cl)Cl. The number of ether oxygens (including phenoxy) is 1. The van der Waals surface area contributed by atoms with Gasteiger partial charge in [0.15, 0.2) is 0 Å². The lowest BCUT2D eigenvalue weighted by atomic mass is 10.5. The van der Waals surface area contributed by atoms with Crippen LogP contribution in [-0.4, -0.2) is 28.8 Å². The molecule has 108 valence electrons. The lowest BCUT2D eigenvalue weighted by Crippen LogP contribution is -2.32. The highest BCUT2D eigenvalue weighted by molar-refractivity contribution is 7.55. The third kappa shape index (κ3) is 5.64. The molecular weight excluding hydrogens is 325 g/mol. The van der Waals surface area contributed by atoms with E-state index in [1.165, 1.54) is 0 Å². The molecule has 18 heavy (non-hydrogen) atoms. The van der Waals surface area contributed by atoms with E-state index < -0.39 is 23.2 Å². The molecule has 1 unspecified atom stereocenters. The van der Waals surface area contributed by atoms with Crippen LogP contribution in [0, 0.1) is 0 Å². The van der Waals surface area contributed by atoms with E-state index in [1.807, 2.05) is 0 Å². The summed E-state index contributed by atoms with van der Waals surface area (Å²) in [5, 5.41) is 0. The summed E-state index contributed by atoms with van der Waals surface area (Å²) in [6.45, 7) is 4.89. The second kappa shape index (κ2) is 7.93. The minimum absolute atomic E-state index is 0.0511. The highest BCUT2D eigenvalue weighted by Gasteiger charge is 2.51. The van der Waals surface area contributed by atoms with Crippen molar-refractivity contribution in [3.8, 4) is 0 Å². The van der Waals surface area contributed by atoms with E-state index in [4.69, 9.17) is 48.6 Å². The molecule has 0 radical (unpaired) electrons. The standard InChI is InChI=1S/C9H16Cl3O5P/c1-4-7(13)17-8(9(10,11)12)18(14,15-5-2)16-6-3/h8H,4-6H2,1-3H3. The Kier molecular flexibility index (Phi) is 8.15. The molecule has 0 saturated heterocycles.